The zero-order valence-corrected chi connectivity index (χ0v) is 9.47. The molecule has 1 aromatic carbocycles. The van der Waals surface area contributed by atoms with Crippen LogP contribution >= 0.6 is 7.14 Å². The van der Waals surface area contributed by atoms with Crippen LogP contribution < -0.4 is 5.30 Å². The molecule has 0 unspecified atom stereocenters. The van der Waals surface area contributed by atoms with Crippen molar-refractivity contribution in [3.05, 3.63) is 29.8 Å². The van der Waals surface area contributed by atoms with Gasteiger partial charge in [-0.25, -0.2) is 0 Å². The molecule has 13 heavy (non-hydrogen) atoms. The highest BCUT2D eigenvalue weighted by atomic mass is 31.2. The molecular weight excluding hydrogens is 179 g/mol. The van der Waals surface area contributed by atoms with E-state index >= 15 is 0 Å². The molecule has 0 aliphatic carbocycles. The van der Waals surface area contributed by atoms with Crippen LogP contribution in [0.3, 0.4) is 0 Å². The van der Waals surface area contributed by atoms with Gasteiger partial charge in [0.25, 0.3) is 0 Å². The minimum atomic E-state index is -2.05. The second kappa shape index (κ2) is 4.11. The molecule has 0 aromatic heterocycles. The van der Waals surface area contributed by atoms with Crippen LogP contribution in [0.4, 0.5) is 0 Å². The largest absolute Gasteiger partial charge is 0.319 e. The van der Waals surface area contributed by atoms with E-state index in [2.05, 4.69) is 0 Å². The molecular formula is C11H17OP. The monoisotopic (exact) mass is 196 g/mol. The Kier molecular flexibility index (Phi) is 3.33. The highest BCUT2D eigenvalue weighted by Gasteiger charge is 2.18. The Labute approximate surface area is 80.5 Å². The highest BCUT2D eigenvalue weighted by Crippen LogP contribution is 2.43. The van der Waals surface area contributed by atoms with Gasteiger partial charge >= 0.3 is 0 Å². The van der Waals surface area contributed by atoms with E-state index in [1.54, 1.807) is 0 Å². The number of aryl methyl sites for hydroxylation is 1. The Bertz CT molecular complexity index is 305. The van der Waals surface area contributed by atoms with E-state index in [1.807, 2.05) is 45.0 Å². The molecule has 0 amide bonds. The van der Waals surface area contributed by atoms with E-state index in [9.17, 15) is 4.57 Å². The zero-order chi connectivity index (χ0) is 9.90. The molecule has 0 atom stereocenters. The first-order valence-electron chi connectivity index (χ1n) is 4.77. The Balaban J connectivity index is 3.07. The van der Waals surface area contributed by atoms with Crippen LogP contribution in [0.15, 0.2) is 24.3 Å². The van der Waals surface area contributed by atoms with E-state index in [1.165, 1.54) is 5.56 Å². The molecule has 0 aliphatic heterocycles. The van der Waals surface area contributed by atoms with Crippen LogP contribution in [0.1, 0.15) is 19.4 Å². The van der Waals surface area contributed by atoms with Gasteiger partial charge in [0, 0.05) is 17.6 Å². The highest BCUT2D eigenvalue weighted by molar-refractivity contribution is 7.71. The smallest absolute Gasteiger partial charge is 0.115 e. The lowest BCUT2D eigenvalue weighted by Crippen LogP contribution is -2.07. The van der Waals surface area contributed by atoms with Crippen LogP contribution in [0.2, 0.25) is 0 Å². The van der Waals surface area contributed by atoms with Crippen molar-refractivity contribution in [2.75, 3.05) is 12.3 Å². The van der Waals surface area contributed by atoms with Gasteiger partial charge in [0.2, 0.25) is 0 Å². The molecule has 0 saturated heterocycles. The number of rotatable bonds is 3. The molecule has 0 spiro atoms. The summed E-state index contributed by atoms with van der Waals surface area (Å²) in [5.41, 5.74) is 1.22. The molecule has 0 bridgehead atoms. The van der Waals surface area contributed by atoms with Gasteiger partial charge in [0.05, 0.1) is 0 Å². The average molecular weight is 196 g/mol. The molecule has 72 valence electrons. The molecule has 0 N–H and O–H groups in total. The summed E-state index contributed by atoms with van der Waals surface area (Å²) in [7, 11) is -2.05. The Hall–Kier alpha value is -0.550. The van der Waals surface area contributed by atoms with Crippen molar-refractivity contribution in [1.29, 1.82) is 0 Å². The third-order valence-electron chi connectivity index (χ3n) is 2.53. The van der Waals surface area contributed by atoms with Crippen molar-refractivity contribution < 1.29 is 4.57 Å². The fraction of sp³-hybridized carbons (Fsp3) is 0.455. The van der Waals surface area contributed by atoms with Gasteiger partial charge in [-0.05, 0) is 6.92 Å². The van der Waals surface area contributed by atoms with Gasteiger partial charge < -0.3 is 4.57 Å². The third kappa shape index (κ3) is 2.22. The van der Waals surface area contributed by atoms with Gasteiger partial charge in [-0.3, -0.25) is 0 Å². The molecule has 0 fully saturated rings. The average Bonchev–Trinajstić information content (AvgIpc) is 2.18. The molecule has 1 aromatic rings. The quantitative estimate of drug-likeness (QED) is 0.679. The zero-order valence-electron chi connectivity index (χ0n) is 8.58. The van der Waals surface area contributed by atoms with Gasteiger partial charge in [-0.2, -0.15) is 0 Å². The summed E-state index contributed by atoms with van der Waals surface area (Å²) in [4.78, 5) is 0. The lowest BCUT2D eigenvalue weighted by Gasteiger charge is -2.14. The predicted octanol–water partition coefficient (Wildman–Crippen LogP) is 3.02. The molecule has 2 heteroatoms. The Morgan fingerprint density at radius 2 is 1.54 bits per heavy atom. The van der Waals surface area contributed by atoms with Crippen LogP contribution in [0.25, 0.3) is 0 Å². The summed E-state index contributed by atoms with van der Waals surface area (Å²) in [6.07, 6.45) is 1.54. The van der Waals surface area contributed by atoms with Crippen molar-refractivity contribution >= 4 is 12.4 Å². The SMILES string of the molecule is CCP(=O)(CC)c1ccc(C)cc1. The fourth-order valence-corrected chi connectivity index (χ4v) is 3.28. The lowest BCUT2D eigenvalue weighted by atomic mass is 10.2. The molecule has 0 radical (unpaired) electrons. The number of hydrogen-bond acceptors (Lipinski definition) is 1. The first-order chi connectivity index (χ1) is 6.12. The number of benzene rings is 1. The van der Waals surface area contributed by atoms with Gasteiger partial charge in [0.15, 0.2) is 0 Å². The third-order valence-corrected chi connectivity index (χ3v) is 5.81. The van der Waals surface area contributed by atoms with Crippen LogP contribution in [0.5, 0.6) is 0 Å². The normalized spacial score (nSPS) is 11.6. The van der Waals surface area contributed by atoms with E-state index in [4.69, 9.17) is 0 Å². The van der Waals surface area contributed by atoms with E-state index < -0.39 is 7.14 Å². The maximum absolute atomic E-state index is 12.3. The standard InChI is InChI=1S/C11H17OP/c1-4-13(12,5-2)11-8-6-10(3)7-9-11/h6-9H,4-5H2,1-3H3. The minimum absolute atomic E-state index is 0.770. The van der Waals surface area contributed by atoms with E-state index in [-0.39, 0.29) is 0 Å². The van der Waals surface area contributed by atoms with Crippen molar-refractivity contribution in [2.24, 2.45) is 0 Å². The second-order valence-corrected chi connectivity index (χ2v) is 6.92. The van der Waals surface area contributed by atoms with Crippen LogP contribution in [-0.2, 0) is 4.57 Å². The molecule has 1 rings (SSSR count). The summed E-state index contributed by atoms with van der Waals surface area (Å²) in [6.45, 7) is 6.06. The fourth-order valence-electron chi connectivity index (χ4n) is 1.41. The van der Waals surface area contributed by atoms with Crippen LogP contribution in [0, 0.1) is 6.92 Å². The lowest BCUT2D eigenvalue weighted by molar-refractivity contribution is 0.582. The van der Waals surface area contributed by atoms with Gasteiger partial charge in [0.1, 0.15) is 7.14 Å². The summed E-state index contributed by atoms with van der Waals surface area (Å²) in [5.74, 6) is 0. The molecule has 1 nitrogen and oxygen atoms in total. The topological polar surface area (TPSA) is 17.1 Å². The van der Waals surface area contributed by atoms with Crippen LogP contribution in [-0.4, -0.2) is 12.3 Å². The summed E-state index contributed by atoms with van der Waals surface area (Å²) in [5, 5.41) is 1.03. The molecule has 0 heterocycles. The molecule has 0 saturated carbocycles. The first kappa shape index (κ1) is 10.5. The molecule has 0 aliphatic rings. The maximum Gasteiger partial charge on any atom is 0.115 e. The van der Waals surface area contributed by atoms with Crippen molar-refractivity contribution in [2.45, 2.75) is 20.8 Å². The van der Waals surface area contributed by atoms with E-state index in [0.717, 1.165) is 17.6 Å². The summed E-state index contributed by atoms with van der Waals surface area (Å²) in [6, 6.07) is 8.08. The Morgan fingerprint density at radius 3 is 1.92 bits per heavy atom. The minimum Gasteiger partial charge on any atom is -0.319 e. The van der Waals surface area contributed by atoms with Crippen molar-refractivity contribution in [3.63, 3.8) is 0 Å². The van der Waals surface area contributed by atoms with Crippen molar-refractivity contribution in [1.82, 2.24) is 0 Å². The second-order valence-electron chi connectivity index (χ2n) is 3.36. The van der Waals surface area contributed by atoms with E-state index in [0.29, 0.717) is 0 Å². The Morgan fingerprint density at radius 1 is 1.08 bits per heavy atom. The summed E-state index contributed by atoms with van der Waals surface area (Å²) >= 11 is 0. The van der Waals surface area contributed by atoms with Gasteiger partial charge in [-0.15, -0.1) is 0 Å². The van der Waals surface area contributed by atoms with Gasteiger partial charge in [-0.1, -0.05) is 43.7 Å². The number of hydrogen-bond donors (Lipinski definition) is 0. The maximum atomic E-state index is 12.3. The van der Waals surface area contributed by atoms with Crippen molar-refractivity contribution in [3.8, 4) is 0 Å². The first-order valence-corrected chi connectivity index (χ1v) is 6.85. The predicted molar refractivity (Wildman–Crippen MR) is 59.5 cm³/mol. The summed E-state index contributed by atoms with van der Waals surface area (Å²) < 4.78 is 12.3.